The summed E-state index contributed by atoms with van der Waals surface area (Å²) in [5.41, 5.74) is 0. The summed E-state index contributed by atoms with van der Waals surface area (Å²) in [5.74, 6) is -0.157. The summed E-state index contributed by atoms with van der Waals surface area (Å²) in [6, 6.07) is 0.195. The molecule has 2 heterocycles. The Labute approximate surface area is 108 Å². The van der Waals surface area contributed by atoms with Gasteiger partial charge in [-0.2, -0.15) is 0 Å². The standard InChI is InChI=1S/C13H21N3O2/c1-2-12(17)14-11-6-5-9-16(10-11)13(18)15-7-3-4-8-15/h2,11H,1,3-10H2,(H,14,17). The van der Waals surface area contributed by atoms with E-state index < -0.39 is 0 Å². The van der Waals surface area contributed by atoms with Crippen molar-refractivity contribution in [3.63, 3.8) is 0 Å². The van der Waals surface area contributed by atoms with E-state index in [0.29, 0.717) is 6.54 Å². The summed E-state index contributed by atoms with van der Waals surface area (Å²) in [4.78, 5) is 27.3. The minimum absolute atomic E-state index is 0.0656. The lowest BCUT2D eigenvalue weighted by molar-refractivity contribution is -0.117. The van der Waals surface area contributed by atoms with Crippen LogP contribution in [0.5, 0.6) is 0 Å². The molecule has 2 aliphatic rings. The zero-order valence-electron chi connectivity index (χ0n) is 10.7. The topological polar surface area (TPSA) is 52.7 Å². The number of hydrogen-bond donors (Lipinski definition) is 1. The Morgan fingerprint density at radius 2 is 1.78 bits per heavy atom. The average molecular weight is 251 g/mol. The molecule has 2 rings (SSSR count). The number of nitrogens with zero attached hydrogens (tertiary/aromatic N) is 2. The molecule has 0 bridgehead atoms. The number of amides is 3. The maximum atomic E-state index is 12.2. The molecule has 0 saturated carbocycles. The fourth-order valence-electron chi connectivity index (χ4n) is 2.64. The van der Waals surface area contributed by atoms with Crippen molar-refractivity contribution in [1.82, 2.24) is 15.1 Å². The maximum Gasteiger partial charge on any atom is 0.320 e. The van der Waals surface area contributed by atoms with E-state index in [2.05, 4.69) is 11.9 Å². The van der Waals surface area contributed by atoms with Crippen LogP contribution >= 0.6 is 0 Å². The molecule has 0 aliphatic carbocycles. The lowest BCUT2D eigenvalue weighted by Gasteiger charge is -2.35. The number of carbonyl (C=O) groups is 2. The van der Waals surface area contributed by atoms with E-state index in [4.69, 9.17) is 0 Å². The zero-order chi connectivity index (χ0) is 13.0. The van der Waals surface area contributed by atoms with Crippen molar-refractivity contribution in [2.75, 3.05) is 26.2 Å². The summed E-state index contributed by atoms with van der Waals surface area (Å²) in [6.07, 6.45) is 5.37. The number of piperidine rings is 1. The fraction of sp³-hybridized carbons (Fsp3) is 0.692. The molecule has 2 saturated heterocycles. The number of hydrogen-bond acceptors (Lipinski definition) is 2. The Bertz CT molecular complexity index is 337. The molecular formula is C13H21N3O2. The van der Waals surface area contributed by atoms with Gasteiger partial charge < -0.3 is 15.1 Å². The molecule has 100 valence electrons. The van der Waals surface area contributed by atoms with Crippen LogP contribution in [-0.4, -0.2) is 54.0 Å². The molecule has 1 atom stereocenters. The number of nitrogens with one attached hydrogen (secondary N) is 1. The first-order valence-corrected chi connectivity index (χ1v) is 6.67. The smallest absolute Gasteiger partial charge is 0.320 e. The monoisotopic (exact) mass is 251 g/mol. The Morgan fingerprint density at radius 3 is 2.44 bits per heavy atom. The predicted octanol–water partition coefficient (Wildman–Crippen LogP) is 0.969. The molecule has 2 aliphatic heterocycles. The molecule has 5 heteroatoms. The molecular weight excluding hydrogens is 230 g/mol. The molecule has 1 N–H and O–H groups in total. The van der Waals surface area contributed by atoms with Crippen LogP contribution < -0.4 is 5.32 Å². The molecule has 0 aromatic carbocycles. The fourth-order valence-corrected chi connectivity index (χ4v) is 2.64. The number of carbonyl (C=O) groups excluding carboxylic acids is 2. The number of likely N-dealkylation sites (tertiary alicyclic amines) is 2. The van der Waals surface area contributed by atoms with Gasteiger partial charge in [0.25, 0.3) is 0 Å². The summed E-state index contributed by atoms with van der Waals surface area (Å²) in [6.45, 7) is 6.61. The van der Waals surface area contributed by atoms with Crippen LogP contribution in [0.15, 0.2) is 12.7 Å². The first-order chi connectivity index (χ1) is 8.70. The molecule has 18 heavy (non-hydrogen) atoms. The Kier molecular flexibility index (Phi) is 4.23. The predicted molar refractivity (Wildman–Crippen MR) is 69.1 cm³/mol. The van der Waals surface area contributed by atoms with Crippen molar-refractivity contribution in [3.8, 4) is 0 Å². The second-order valence-corrected chi connectivity index (χ2v) is 4.97. The molecule has 0 spiro atoms. The van der Waals surface area contributed by atoms with Gasteiger partial charge in [0, 0.05) is 32.2 Å². The zero-order valence-corrected chi connectivity index (χ0v) is 10.7. The van der Waals surface area contributed by atoms with E-state index in [1.165, 1.54) is 6.08 Å². The Balaban J connectivity index is 1.87. The third kappa shape index (κ3) is 3.03. The maximum absolute atomic E-state index is 12.2. The summed E-state index contributed by atoms with van der Waals surface area (Å²) in [5, 5.41) is 2.87. The van der Waals surface area contributed by atoms with E-state index >= 15 is 0 Å². The van der Waals surface area contributed by atoms with Crippen LogP contribution in [0.1, 0.15) is 25.7 Å². The van der Waals surface area contributed by atoms with Gasteiger partial charge >= 0.3 is 6.03 Å². The van der Waals surface area contributed by atoms with Gasteiger partial charge in [0.1, 0.15) is 0 Å². The van der Waals surface area contributed by atoms with Gasteiger partial charge in [0.05, 0.1) is 0 Å². The van der Waals surface area contributed by atoms with Gasteiger partial charge in [-0.1, -0.05) is 6.58 Å². The van der Waals surface area contributed by atoms with Crippen LogP contribution in [0.25, 0.3) is 0 Å². The van der Waals surface area contributed by atoms with Crippen molar-refractivity contribution in [2.24, 2.45) is 0 Å². The average Bonchev–Trinajstić information content (AvgIpc) is 2.92. The van der Waals surface area contributed by atoms with Crippen molar-refractivity contribution >= 4 is 11.9 Å². The summed E-state index contributed by atoms with van der Waals surface area (Å²) < 4.78 is 0. The minimum Gasteiger partial charge on any atom is -0.348 e. The lowest BCUT2D eigenvalue weighted by Crippen LogP contribution is -2.52. The van der Waals surface area contributed by atoms with Gasteiger partial charge in [0.2, 0.25) is 5.91 Å². The van der Waals surface area contributed by atoms with Crippen molar-refractivity contribution < 1.29 is 9.59 Å². The lowest BCUT2D eigenvalue weighted by atomic mass is 10.1. The number of rotatable bonds is 2. The van der Waals surface area contributed by atoms with Gasteiger partial charge in [0.15, 0.2) is 0 Å². The van der Waals surface area contributed by atoms with Crippen LogP contribution in [0.2, 0.25) is 0 Å². The molecule has 0 aromatic rings. The van der Waals surface area contributed by atoms with E-state index in [1.54, 1.807) is 0 Å². The largest absolute Gasteiger partial charge is 0.348 e. The number of urea groups is 1. The van der Waals surface area contributed by atoms with Crippen molar-refractivity contribution in [2.45, 2.75) is 31.7 Å². The molecule has 0 radical (unpaired) electrons. The second kappa shape index (κ2) is 5.89. The Morgan fingerprint density at radius 1 is 1.11 bits per heavy atom. The molecule has 3 amide bonds. The third-order valence-electron chi connectivity index (χ3n) is 3.60. The van der Waals surface area contributed by atoms with E-state index in [-0.39, 0.29) is 18.0 Å². The third-order valence-corrected chi connectivity index (χ3v) is 3.60. The van der Waals surface area contributed by atoms with Crippen molar-refractivity contribution in [3.05, 3.63) is 12.7 Å². The van der Waals surface area contributed by atoms with Gasteiger partial charge in [-0.3, -0.25) is 4.79 Å². The van der Waals surface area contributed by atoms with Crippen LogP contribution in [0.3, 0.4) is 0 Å². The summed E-state index contributed by atoms with van der Waals surface area (Å²) in [7, 11) is 0. The molecule has 0 aromatic heterocycles. The van der Waals surface area contributed by atoms with Crippen LogP contribution in [0, 0.1) is 0 Å². The summed E-state index contributed by atoms with van der Waals surface area (Å²) >= 11 is 0. The van der Waals surface area contributed by atoms with Gasteiger partial charge in [-0.25, -0.2) is 4.79 Å². The molecule has 1 unspecified atom stereocenters. The van der Waals surface area contributed by atoms with Crippen LogP contribution in [0.4, 0.5) is 4.79 Å². The first-order valence-electron chi connectivity index (χ1n) is 6.67. The Hall–Kier alpha value is -1.52. The highest BCUT2D eigenvalue weighted by Gasteiger charge is 2.28. The highest BCUT2D eigenvalue weighted by atomic mass is 16.2. The second-order valence-electron chi connectivity index (χ2n) is 4.97. The quantitative estimate of drug-likeness (QED) is 0.743. The highest BCUT2D eigenvalue weighted by Crippen LogP contribution is 2.15. The molecule has 5 nitrogen and oxygen atoms in total. The first kappa shape index (κ1) is 12.9. The minimum atomic E-state index is -0.157. The molecule has 2 fully saturated rings. The van der Waals surface area contributed by atoms with Crippen LogP contribution in [-0.2, 0) is 4.79 Å². The van der Waals surface area contributed by atoms with E-state index in [9.17, 15) is 9.59 Å². The highest BCUT2D eigenvalue weighted by molar-refractivity contribution is 5.87. The SMILES string of the molecule is C=CC(=O)NC1CCCN(C(=O)N2CCCC2)C1. The van der Waals surface area contributed by atoms with Gasteiger partial charge in [-0.05, 0) is 31.8 Å². The normalized spacial score (nSPS) is 23.9. The van der Waals surface area contributed by atoms with Gasteiger partial charge in [-0.15, -0.1) is 0 Å². The van der Waals surface area contributed by atoms with Crippen molar-refractivity contribution in [1.29, 1.82) is 0 Å². The van der Waals surface area contributed by atoms with E-state index in [0.717, 1.165) is 45.3 Å². The van der Waals surface area contributed by atoms with E-state index in [1.807, 2.05) is 9.80 Å².